The van der Waals surface area contributed by atoms with E-state index in [1.54, 1.807) is 0 Å². The maximum atomic E-state index is 10.9. The van der Waals surface area contributed by atoms with E-state index in [-0.39, 0.29) is 5.97 Å². The number of allylic oxidation sites excluding steroid dienone is 4. The highest BCUT2D eigenvalue weighted by Crippen LogP contribution is 2.13. The summed E-state index contributed by atoms with van der Waals surface area (Å²) >= 11 is 0. The number of hydrogen-bond donors (Lipinski definition) is 1. The molecule has 0 saturated carbocycles. The molecule has 0 aromatic carbocycles. The van der Waals surface area contributed by atoms with E-state index in [9.17, 15) is 9.59 Å². The molecule has 0 unspecified atom stereocenters. The normalized spacial score (nSPS) is 11.2. The number of hydrogen-bond acceptors (Lipinski definition) is 3. The average Bonchev–Trinajstić information content (AvgIpc) is 2.93. The summed E-state index contributed by atoms with van der Waals surface area (Å²) in [7, 11) is 1.46. The molecule has 1 N–H and O–H groups in total. The first-order valence-electron chi connectivity index (χ1n) is 16.7. The monoisotopic (exact) mass is 550 g/mol. The van der Waals surface area contributed by atoms with Gasteiger partial charge in [0.05, 0.1) is 7.11 Å². The fourth-order valence-corrected chi connectivity index (χ4v) is 4.48. The van der Waals surface area contributed by atoms with Crippen LogP contribution in [0, 0.1) is 0 Å². The first-order chi connectivity index (χ1) is 19.1. The number of carbonyl (C=O) groups is 2. The largest absolute Gasteiger partial charge is 0.481 e. The molecule has 0 aromatic rings. The van der Waals surface area contributed by atoms with Gasteiger partial charge in [0.15, 0.2) is 0 Å². The second kappa shape index (κ2) is 36.4. The van der Waals surface area contributed by atoms with Crippen LogP contribution in [0.1, 0.15) is 181 Å². The lowest BCUT2D eigenvalue weighted by Gasteiger charge is -2.03. The minimum atomic E-state index is -0.671. The van der Waals surface area contributed by atoms with Gasteiger partial charge in [0.2, 0.25) is 0 Å². The third-order valence-electron chi connectivity index (χ3n) is 7.05. The van der Waals surface area contributed by atoms with Crippen molar-refractivity contribution in [1.29, 1.82) is 0 Å². The number of ether oxygens (including phenoxy) is 1. The lowest BCUT2D eigenvalue weighted by molar-refractivity contribution is -0.141. The Balaban J connectivity index is 0. The van der Waals surface area contributed by atoms with E-state index in [0.29, 0.717) is 12.8 Å². The summed E-state index contributed by atoms with van der Waals surface area (Å²) in [6, 6.07) is 0. The highest BCUT2D eigenvalue weighted by molar-refractivity contribution is 5.69. The Morgan fingerprint density at radius 2 is 0.872 bits per heavy atom. The minimum Gasteiger partial charge on any atom is -0.481 e. The van der Waals surface area contributed by atoms with Gasteiger partial charge in [-0.15, -0.1) is 0 Å². The third-order valence-corrected chi connectivity index (χ3v) is 7.05. The Labute approximate surface area is 243 Å². The number of aliphatic carboxylic acids is 1. The van der Waals surface area contributed by atoms with Gasteiger partial charge < -0.3 is 9.84 Å². The van der Waals surface area contributed by atoms with Crippen molar-refractivity contribution in [3.8, 4) is 0 Å². The number of rotatable bonds is 28. The zero-order chi connectivity index (χ0) is 29.1. The summed E-state index contributed by atoms with van der Waals surface area (Å²) < 4.78 is 4.62. The number of carboxylic acid groups (broad SMARTS) is 1. The molecule has 0 radical (unpaired) electrons. The molecule has 230 valence electrons. The Bertz CT molecular complexity index is 553. The van der Waals surface area contributed by atoms with Crippen LogP contribution in [0.5, 0.6) is 0 Å². The van der Waals surface area contributed by atoms with Crippen LogP contribution in [-0.2, 0) is 14.3 Å². The topological polar surface area (TPSA) is 63.6 Å². The number of unbranched alkanes of at least 4 members (excludes halogenated alkanes) is 20. The standard InChI is InChI=1S/C18H32O2.C17H34O2/c1-2-3-4-5-6-7-8-9-10-11-12-13-14-15-16-17-18(19)20;1-3-4-5-6-7-8-9-10-11-12-13-14-15-16-17(18)19-2/h6-7,9-10H,2-5,8,11-17H2,1H3,(H,19,20);3-16H2,1-2H3/b7-6-,10-9-;. The zero-order valence-corrected chi connectivity index (χ0v) is 26.4. The summed E-state index contributed by atoms with van der Waals surface area (Å²) in [5, 5.41) is 8.50. The van der Waals surface area contributed by atoms with E-state index in [1.807, 2.05) is 0 Å². The van der Waals surface area contributed by atoms with Crippen LogP contribution in [0.15, 0.2) is 24.3 Å². The van der Waals surface area contributed by atoms with Crippen molar-refractivity contribution >= 4 is 11.9 Å². The second-order valence-electron chi connectivity index (χ2n) is 10.9. The van der Waals surface area contributed by atoms with Crippen molar-refractivity contribution in [2.24, 2.45) is 0 Å². The predicted octanol–water partition coefficient (Wildman–Crippen LogP) is 11.5. The van der Waals surface area contributed by atoms with Gasteiger partial charge in [0.1, 0.15) is 0 Å². The molecule has 0 aliphatic carbocycles. The van der Waals surface area contributed by atoms with Crippen molar-refractivity contribution in [3.05, 3.63) is 24.3 Å². The van der Waals surface area contributed by atoms with Crippen molar-refractivity contribution in [2.45, 2.75) is 181 Å². The van der Waals surface area contributed by atoms with Gasteiger partial charge in [-0.1, -0.05) is 147 Å². The van der Waals surface area contributed by atoms with Crippen LogP contribution in [0.25, 0.3) is 0 Å². The smallest absolute Gasteiger partial charge is 0.305 e. The highest BCUT2D eigenvalue weighted by atomic mass is 16.5. The molecule has 4 heteroatoms. The third kappa shape index (κ3) is 41.1. The number of methoxy groups -OCH3 is 1. The fourth-order valence-electron chi connectivity index (χ4n) is 4.48. The fraction of sp³-hybridized carbons (Fsp3) is 0.829. The quantitative estimate of drug-likeness (QED) is 0.0597. The summed E-state index contributed by atoms with van der Waals surface area (Å²) in [6.07, 6.45) is 40.3. The van der Waals surface area contributed by atoms with E-state index in [2.05, 4.69) is 42.9 Å². The van der Waals surface area contributed by atoms with Gasteiger partial charge in [-0.3, -0.25) is 9.59 Å². The lowest BCUT2D eigenvalue weighted by Crippen LogP contribution is -1.99. The number of carbonyl (C=O) groups excluding carboxylic acids is 1. The predicted molar refractivity (Wildman–Crippen MR) is 169 cm³/mol. The van der Waals surface area contributed by atoms with Crippen molar-refractivity contribution in [2.75, 3.05) is 7.11 Å². The van der Waals surface area contributed by atoms with E-state index < -0.39 is 5.97 Å². The van der Waals surface area contributed by atoms with Gasteiger partial charge in [-0.2, -0.15) is 0 Å². The van der Waals surface area contributed by atoms with Gasteiger partial charge >= 0.3 is 11.9 Å². The molecule has 0 rings (SSSR count). The summed E-state index contributed by atoms with van der Waals surface area (Å²) in [6.45, 7) is 4.50. The van der Waals surface area contributed by atoms with Crippen LogP contribution in [-0.4, -0.2) is 24.2 Å². The maximum absolute atomic E-state index is 10.9. The summed E-state index contributed by atoms with van der Waals surface area (Å²) in [5.41, 5.74) is 0. The molecule has 0 amide bonds. The molecule has 4 nitrogen and oxygen atoms in total. The maximum Gasteiger partial charge on any atom is 0.305 e. The van der Waals surface area contributed by atoms with Crippen molar-refractivity contribution in [3.63, 3.8) is 0 Å². The Morgan fingerprint density at radius 3 is 1.31 bits per heavy atom. The van der Waals surface area contributed by atoms with Crippen molar-refractivity contribution < 1.29 is 19.4 Å². The molecular formula is C35H66O4. The van der Waals surface area contributed by atoms with Crippen LogP contribution in [0.3, 0.4) is 0 Å². The molecule has 0 aromatic heterocycles. The Kier molecular flexibility index (Phi) is 36.9. The Morgan fingerprint density at radius 1 is 0.513 bits per heavy atom. The first kappa shape index (κ1) is 39.6. The van der Waals surface area contributed by atoms with E-state index in [4.69, 9.17) is 5.11 Å². The molecule has 39 heavy (non-hydrogen) atoms. The molecule has 0 bridgehead atoms. The molecule has 0 aliphatic heterocycles. The van der Waals surface area contributed by atoms with E-state index in [0.717, 1.165) is 32.1 Å². The van der Waals surface area contributed by atoms with Gasteiger partial charge in [-0.25, -0.2) is 0 Å². The molecule has 0 atom stereocenters. The highest BCUT2D eigenvalue weighted by Gasteiger charge is 1.99. The molecular weight excluding hydrogens is 484 g/mol. The minimum absolute atomic E-state index is 0.0666. The Hall–Kier alpha value is -1.58. The van der Waals surface area contributed by atoms with E-state index in [1.165, 1.54) is 129 Å². The summed E-state index contributed by atoms with van der Waals surface area (Å²) in [4.78, 5) is 21.2. The average molecular weight is 551 g/mol. The van der Waals surface area contributed by atoms with Crippen molar-refractivity contribution in [1.82, 2.24) is 0 Å². The van der Waals surface area contributed by atoms with E-state index >= 15 is 0 Å². The number of carboxylic acids is 1. The van der Waals surface area contributed by atoms with Crippen LogP contribution in [0.4, 0.5) is 0 Å². The molecule has 0 saturated heterocycles. The van der Waals surface area contributed by atoms with Gasteiger partial charge in [0.25, 0.3) is 0 Å². The van der Waals surface area contributed by atoms with Gasteiger partial charge in [-0.05, 0) is 44.9 Å². The molecule has 0 heterocycles. The van der Waals surface area contributed by atoms with Crippen LogP contribution < -0.4 is 0 Å². The van der Waals surface area contributed by atoms with Gasteiger partial charge in [0, 0.05) is 12.8 Å². The zero-order valence-electron chi connectivity index (χ0n) is 26.4. The van der Waals surface area contributed by atoms with Crippen LogP contribution in [0.2, 0.25) is 0 Å². The SMILES string of the molecule is CCCCC/C=C\C/C=C\CCCCCCCC(=O)O.CCCCCCCCCCCCCCCC(=O)OC. The first-order valence-corrected chi connectivity index (χ1v) is 16.7. The number of esters is 1. The molecule has 0 spiro atoms. The van der Waals surface area contributed by atoms with Crippen LogP contribution >= 0.6 is 0 Å². The lowest BCUT2D eigenvalue weighted by atomic mass is 10.0. The molecule has 0 fully saturated rings. The summed E-state index contributed by atoms with van der Waals surface area (Å²) in [5.74, 6) is -0.737. The second-order valence-corrected chi connectivity index (χ2v) is 10.9. The molecule has 0 aliphatic rings.